The van der Waals surface area contributed by atoms with Gasteiger partial charge in [0.1, 0.15) is 6.61 Å². The molecule has 1 fully saturated rings. The number of rotatable bonds is 3. The Bertz CT molecular complexity index is 157. The Balaban J connectivity index is 2.15. The predicted octanol–water partition coefficient (Wildman–Crippen LogP) is 0.0894. The number of aliphatic hydroxyl groups is 1. The van der Waals surface area contributed by atoms with E-state index in [9.17, 15) is 4.79 Å². The standard InChI is InChI=1S/C8H14O4/c1-6(10)11-5-8-3-2-7(4-9)12-8/h7-9H,2-5H2,1H3. The predicted molar refractivity (Wildman–Crippen MR) is 41.6 cm³/mol. The Morgan fingerprint density at radius 2 is 2.25 bits per heavy atom. The van der Waals surface area contributed by atoms with Crippen molar-refractivity contribution in [1.82, 2.24) is 0 Å². The summed E-state index contributed by atoms with van der Waals surface area (Å²) >= 11 is 0. The van der Waals surface area contributed by atoms with Crippen LogP contribution in [0.15, 0.2) is 0 Å². The van der Waals surface area contributed by atoms with Crippen molar-refractivity contribution in [1.29, 1.82) is 0 Å². The maximum Gasteiger partial charge on any atom is 0.302 e. The van der Waals surface area contributed by atoms with Crippen LogP contribution in [-0.4, -0.2) is 36.5 Å². The lowest BCUT2D eigenvalue weighted by atomic mass is 10.2. The fraction of sp³-hybridized carbons (Fsp3) is 0.875. The highest BCUT2D eigenvalue weighted by Gasteiger charge is 2.24. The zero-order valence-electron chi connectivity index (χ0n) is 7.16. The first kappa shape index (κ1) is 9.48. The number of ether oxygens (including phenoxy) is 2. The van der Waals surface area contributed by atoms with E-state index in [1.165, 1.54) is 6.92 Å². The molecule has 0 radical (unpaired) electrons. The van der Waals surface area contributed by atoms with Gasteiger partial charge < -0.3 is 14.6 Å². The average Bonchev–Trinajstić information content (AvgIpc) is 2.48. The highest BCUT2D eigenvalue weighted by atomic mass is 16.6. The molecule has 0 amide bonds. The summed E-state index contributed by atoms with van der Waals surface area (Å²) in [7, 11) is 0. The maximum atomic E-state index is 10.4. The van der Waals surface area contributed by atoms with Crippen LogP contribution < -0.4 is 0 Å². The smallest absolute Gasteiger partial charge is 0.302 e. The first-order valence-corrected chi connectivity index (χ1v) is 4.12. The Morgan fingerprint density at radius 3 is 2.75 bits per heavy atom. The third-order valence-electron chi connectivity index (χ3n) is 1.87. The van der Waals surface area contributed by atoms with Crippen LogP contribution in [0.5, 0.6) is 0 Å². The van der Waals surface area contributed by atoms with Crippen molar-refractivity contribution in [2.75, 3.05) is 13.2 Å². The van der Waals surface area contributed by atoms with Gasteiger partial charge in [0.05, 0.1) is 18.8 Å². The third kappa shape index (κ3) is 2.79. The van der Waals surface area contributed by atoms with Gasteiger partial charge in [0.15, 0.2) is 0 Å². The summed E-state index contributed by atoms with van der Waals surface area (Å²) in [5.41, 5.74) is 0. The number of carbonyl (C=O) groups is 1. The minimum Gasteiger partial charge on any atom is -0.463 e. The van der Waals surface area contributed by atoms with Crippen molar-refractivity contribution in [2.45, 2.75) is 32.0 Å². The second-order valence-electron chi connectivity index (χ2n) is 2.94. The lowest BCUT2D eigenvalue weighted by molar-refractivity contribution is -0.145. The molecule has 0 aromatic heterocycles. The van der Waals surface area contributed by atoms with Crippen molar-refractivity contribution in [3.8, 4) is 0 Å². The Kier molecular flexibility index (Phi) is 3.49. The van der Waals surface area contributed by atoms with Crippen LogP contribution >= 0.6 is 0 Å². The molecule has 0 aliphatic carbocycles. The van der Waals surface area contributed by atoms with Gasteiger partial charge in [0, 0.05) is 6.92 Å². The monoisotopic (exact) mass is 174 g/mol. The fourth-order valence-corrected chi connectivity index (χ4v) is 1.25. The molecule has 0 aromatic carbocycles. The largest absolute Gasteiger partial charge is 0.463 e. The molecule has 2 atom stereocenters. The number of hydrogen-bond acceptors (Lipinski definition) is 4. The van der Waals surface area contributed by atoms with E-state index in [4.69, 9.17) is 14.6 Å². The fourth-order valence-electron chi connectivity index (χ4n) is 1.25. The molecule has 70 valence electrons. The molecule has 1 rings (SSSR count). The van der Waals surface area contributed by atoms with Gasteiger partial charge in [-0.3, -0.25) is 4.79 Å². The van der Waals surface area contributed by atoms with Crippen LogP contribution in [0.3, 0.4) is 0 Å². The van der Waals surface area contributed by atoms with E-state index in [0.717, 1.165) is 12.8 Å². The van der Waals surface area contributed by atoms with E-state index in [-0.39, 0.29) is 24.8 Å². The summed E-state index contributed by atoms with van der Waals surface area (Å²) in [6.07, 6.45) is 1.62. The summed E-state index contributed by atoms with van der Waals surface area (Å²) in [6.45, 7) is 1.74. The zero-order chi connectivity index (χ0) is 8.97. The van der Waals surface area contributed by atoms with Crippen LogP contribution in [0.1, 0.15) is 19.8 Å². The number of hydrogen-bond donors (Lipinski definition) is 1. The molecule has 0 spiro atoms. The molecule has 1 N–H and O–H groups in total. The second-order valence-corrected chi connectivity index (χ2v) is 2.94. The molecule has 12 heavy (non-hydrogen) atoms. The van der Waals surface area contributed by atoms with E-state index in [1.807, 2.05) is 0 Å². The minimum absolute atomic E-state index is 0.0222. The summed E-state index contributed by atoms with van der Waals surface area (Å²) in [5, 5.41) is 8.73. The SMILES string of the molecule is CC(=O)OCC1CCC(CO)O1. The summed E-state index contributed by atoms with van der Waals surface area (Å²) < 4.78 is 10.1. The Hall–Kier alpha value is -0.610. The highest BCUT2D eigenvalue weighted by Crippen LogP contribution is 2.19. The number of aliphatic hydroxyl groups excluding tert-OH is 1. The molecular formula is C8H14O4. The Morgan fingerprint density at radius 1 is 1.58 bits per heavy atom. The van der Waals surface area contributed by atoms with Crippen LogP contribution in [0.2, 0.25) is 0 Å². The van der Waals surface area contributed by atoms with Gasteiger partial charge in [0.2, 0.25) is 0 Å². The lowest BCUT2D eigenvalue weighted by Crippen LogP contribution is -2.20. The number of carbonyl (C=O) groups excluding carboxylic acids is 1. The van der Waals surface area contributed by atoms with Crippen LogP contribution in [0.4, 0.5) is 0 Å². The van der Waals surface area contributed by atoms with Crippen molar-refractivity contribution in [3.05, 3.63) is 0 Å². The molecule has 1 saturated heterocycles. The van der Waals surface area contributed by atoms with E-state index in [1.54, 1.807) is 0 Å². The van der Waals surface area contributed by atoms with Crippen molar-refractivity contribution < 1.29 is 19.4 Å². The quantitative estimate of drug-likeness (QED) is 0.616. The topological polar surface area (TPSA) is 55.8 Å². The summed E-state index contributed by atoms with van der Waals surface area (Å²) in [5.74, 6) is -0.286. The van der Waals surface area contributed by atoms with Gasteiger partial charge in [-0.1, -0.05) is 0 Å². The third-order valence-corrected chi connectivity index (χ3v) is 1.87. The minimum atomic E-state index is -0.286. The molecule has 1 heterocycles. The normalized spacial score (nSPS) is 28.8. The molecule has 4 nitrogen and oxygen atoms in total. The molecule has 2 unspecified atom stereocenters. The van der Waals surface area contributed by atoms with Gasteiger partial charge in [-0.25, -0.2) is 0 Å². The average molecular weight is 174 g/mol. The van der Waals surface area contributed by atoms with Crippen LogP contribution in [0.25, 0.3) is 0 Å². The first-order valence-electron chi connectivity index (χ1n) is 4.12. The molecule has 0 saturated carbocycles. The summed E-state index contributed by atoms with van der Waals surface area (Å²) in [6, 6.07) is 0. The Labute approximate surface area is 71.5 Å². The van der Waals surface area contributed by atoms with E-state index in [0.29, 0.717) is 6.61 Å². The molecule has 0 aromatic rings. The molecule has 0 bridgehead atoms. The molecule has 1 aliphatic rings. The van der Waals surface area contributed by atoms with Crippen molar-refractivity contribution in [3.63, 3.8) is 0 Å². The van der Waals surface area contributed by atoms with E-state index in [2.05, 4.69) is 0 Å². The van der Waals surface area contributed by atoms with Crippen molar-refractivity contribution in [2.24, 2.45) is 0 Å². The number of esters is 1. The molecular weight excluding hydrogens is 160 g/mol. The molecule has 4 heteroatoms. The van der Waals surface area contributed by atoms with E-state index >= 15 is 0 Å². The van der Waals surface area contributed by atoms with Crippen molar-refractivity contribution >= 4 is 5.97 Å². The first-order chi connectivity index (χ1) is 5.72. The summed E-state index contributed by atoms with van der Waals surface area (Å²) in [4.78, 5) is 10.4. The lowest BCUT2D eigenvalue weighted by Gasteiger charge is -2.11. The van der Waals surface area contributed by atoms with Gasteiger partial charge >= 0.3 is 5.97 Å². The van der Waals surface area contributed by atoms with Gasteiger partial charge in [-0.2, -0.15) is 0 Å². The van der Waals surface area contributed by atoms with Gasteiger partial charge in [-0.15, -0.1) is 0 Å². The zero-order valence-corrected chi connectivity index (χ0v) is 7.16. The molecule has 1 aliphatic heterocycles. The van der Waals surface area contributed by atoms with Crippen LogP contribution in [-0.2, 0) is 14.3 Å². The second kappa shape index (κ2) is 4.42. The van der Waals surface area contributed by atoms with Gasteiger partial charge in [0.25, 0.3) is 0 Å². The van der Waals surface area contributed by atoms with Crippen LogP contribution in [0, 0.1) is 0 Å². The van der Waals surface area contributed by atoms with E-state index < -0.39 is 0 Å². The highest BCUT2D eigenvalue weighted by molar-refractivity contribution is 5.65. The maximum absolute atomic E-state index is 10.4. The van der Waals surface area contributed by atoms with Gasteiger partial charge in [-0.05, 0) is 12.8 Å².